The van der Waals surface area contributed by atoms with Gasteiger partial charge in [-0.15, -0.1) is 0 Å². The van der Waals surface area contributed by atoms with Gasteiger partial charge in [0.25, 0.3) is 0 Å². The van der Waals surface area contributed by atoms with Crippen molar-refractivity contribution in [2.45, 2.75) is 264 Å². The van der Waals surface area contributed by atoms with E-state index in [0.29, 0.717) is 19.3 Å². The van der Waals surface area contributed by atoms with Gasteiger partial charge in [0.2, 0.25) is 5.91 Å². The molecule has 1 amide bonds. The SMILES string of the molecule is CC/C=C/C=C/C=C\CCCCCCCC(=O)OC(CCC/C=C\C/C=C\C/C=C\C/C=C\CCCCC)CC(=O)NC(CO)C(O)CCCCCCCCCCCCCCCCC. The van der Waals surface area contributed by atoms with Crippen LogP contribution < -0.4 is 5.32 Å². The predicted molar refractivity (Wildman–Crippen MR) is 278 cm³/mol. The molecule has 0 aliphatic carbocycles. The van der Waals surface area contributed by atoms with Crippen molar-refractivity contribution in [2.75, 3.05) is 6.61 Å². The van der Waals surface area contributed by atoms with Gasteiger partial charge in [0.15, 0.2) is 0 Å². The third kappa shape index (κ3) is 45.6. The Kier molecular flexibility index (Phi) is 48.7. The van der Waals surface area contributed by atoms with Crippen LogP contribution in [0.1, 0.15) is 245 Å². The van der Waals surface area contributed by atoms with E-state index in [1.54, 1.807) is 0 Å². The maximum absolute atomic E-state index is 13.2. The fourth-order valence-electron chi connectivity index (χ4n) is 7.71. The van der Waals surface area contributed by atoms with E-state index < -0.39 is 18.2 Å². The van der Waals surface area contributed by atoms with Crippen molar-refractivity contribution < 1.29 is 24.5 Å². The molecule has 0 spiro atoms. The molecule has 0 aliphatic rings. The Bertz CT molecular complexity index is 1230. The average molecular weight is 892 g/mol. The molecule has 3 unspecified atom stereocenters. The van der Waals surface area contributed by atoms with Gasteiger partial charge in [-0.3, -0.25) is 9.59 Å². The van der Waals surface area contributed by atoms with E-state index in [9.17, 15) is 19.8 Å². The molecule has 0 rings (SSSR count). The van der Waals surface area contributed by atoms with Gasteiger partial charge in [0, 0.05) is 6.42 Å². The molecule has 0 saturated carbocycles. The first kappa shape index (κ1) is 61.0. The number of allylic oxidation sites excluding steroid dienone is 14. The van der Waals surface area contributed by atoms with E-state index in [4.69, 9.17) is 4.74 Å². The number of aliphatic hydroxyl groups excluding tert-OH is 2. The van der Waals surface area contributed by atoms with Crippen LogP contribution in [-0.2, 0) is 14.3 Å². The zero-order valence-corrected chi connectivity index (χ0v) is 41.9. The van der Waals surface area contributed by atoms with Gasteiger partial charge in [-0.2, -0.15) is 0 Å². The second-order valence-electron chi connectivity index (χ2n) is 18.0. The molecule has 6 heteroatoms. The molecule has 0 fully saturated rings. The highest BCUT2D eigenvalue weighted by Gasteiger charge is 2.24. The van der Waals surface area contributed by atoms with Crippen LogP contribution >= 0.6 is 0 Å². The Morgan fingerprint density at radius 1 is 0.484 bits per heavy atom. The summed E-state index contributed by atoms with van der Waals surface area (Å²) in [4.78, 5) is 26.2. The molecular weight excluding hydrogens is 791 g/mol. The van der Waals surface area contributed by atoms with Gasteiger partial charge in [-0.25, -0.2) is 0 Å². The molecule has 6 nitrogen and oxygen atoms in total. The van der Waals surface area contributed by atoms with Crippen molar-refractivity contribution in [1.29, 1.82) is 0 Å². The maximum Gasteiger partial charge on any atom is 0.306 e. The lowest BCUT2D eigenvalue weighted by atomic mass is 10.0. The van der Waals surface area contributed by atoms with Gasteiger partial charge in [0.1, 0.15) is 6.10 Å². The summed E-state index contributed by atoms with van der Waals surface area (Å²) in [7, 11) is 0. The van der Waals surface area contributed by atoms with Crippen LogP contribution in [0.4, 0.5) is 0 Å². The third-order valence-corrected chi connectivity index (χ3v) is 11.8. The number of ether oxygens (including phenoxy) is 1. The highest BCUT2D eigenvalue weighted by atomic mass is 16.5. The van der Waals surface area contributed by atoms with Crippen LogP contribution in [0.2, 0.25) is 0 Å². The first-order valence-corrected chi connectivity index (χ1v) is 26.8. The zero-order chi connectivity index (χ0) is 46.7. The molecule has 0 aromatic heterocycles. The van der Waals surface area contributed by atoms with Crippen molar-refractivity contribution in [3.05, 3.63) is 85.1 Å². The Morgan fingerprint density at radius 2 is 0.922 bits per heavy atom. The molecule has 0 aliphatic heterocycles. The van der Waals surface area contributed by atoms with Gasteiger partial charge in [-0.05, 0) is 83.5 Å². The van der Waals surface area contributed by atoms with Gasteiger partial charge in [0.05, 0.1) is 25.2 Å². The van der Waals surface area contributed by atoms with E-state index in [1.807, 2.05) is 0 Å². The summed E-state index contributed by atoms with van der Waals surface area (Å²) < 4.78 is 5.90. The lowest BCUT2D eigenvalue weighted by molar-refractivity contribution is -0.151. The Labute approximate surface area is 395 Å². The number of nitrogens with one attached hydrogen (secondary N) is 1. The molecule has 0 aromatic rings. The normalized spacial score (nSPS) is 13.9. The molecule has 3 N–H and O–H groups in total. The first-order chi connectivity index (χ1) is 31.5. The number of carbonyl (C=O) groups excluding carboxylic acids is 2. The van der Waals surface area contributed by atoms with E-state index in [-0.39, 0.29) is 24.9 Å². The number of hydrogen-bond acceptors (Lipinski definition) is 5. The van der Waals surface area contributed by atoms with Crippen LogP contribution in [0.5, 0.6) is 0 Å². The number of hydrogen-bond donors (Lipinski definition) is 3. The number of aliphatic hydroxyl groups is 2. The Hall–Kier alpha value is -2.96. The highest BCUT2D eigenvalue weighted by molar-refractivity contribution is 5.77. The fourth-order valence-corrected chi connectivity index (χ4v) is 7.71. The van der Waals surface area contributed by atoms with Crippen LogP contribution in [0.15, 0.2) is 85.1 Å². The molecule has 0 bridgehead atoms. The molecule has 0 aromatic carbocycles. The summed E-state index contributed by atoms with van der Waals surface area (Å²) in [5, 5.41) is 23.8. The molecular formula is C58H101NO5. The van der Waals surface area contributed by atoms with Gasteiger partial charge >= 0.3 is 5.97 Å². The first-order valence-electron chi connectivity index (χ1n) is 26.8. The Balaban J connectivity index is 4.70. The minimum Gasteiger partial charge on any atom is -0.462 e. The number of rotatable bonds is 47. The van der Waals surface area contributed by atoms with Gasteiger partial charge < -0.3 is 20.3 Å². The standard InChI is InChI=1S/C58H101NO5/c1-4-7-10-13-16-19-22-25-27-28-30-32-34-37-40-43-46-49-54(64-58(63)51-48-45-42-39-36-31-24-21-18-15-12-9-6-3)52-57(62)59-55(53-60)56(61)50-47-44-41-38-35-33-29-26-23-20-17-14-11-8-5-2/h9,12,15-16,18-19,21,24-25,27,30,32,37,40,54-56,60-61H,4-8,10-11,13-14,17,20,22-23,26,28-29,31,33-36,38-39,41-53H2,1-3H3,(H,59,62)/b12-9+,18-15+,19-16-,24-21-,27-25-,32-30-,40-37-. The van der Waals surface area contributed by atoms with Crippen LogP contribution in [-0.4, -0.2) is 46.9 Å². The van der Waals surface area contributed by atoms with Crippen molar-refractivity contribution in [3.63, 3.8) is 0 Å². The second kappa shape index (κ2) is 51.0. The fraction of sp³-hybridized carbons (Fsp3) is 0.724. The maximum atomic E-state index is 13.2. The monoisotopic (exact) mass is 892 g/mol. The van der Waals surface area contributed by atoms with Crippen molar-refractivity contribution in [3.8, 4) is 0 Å². The molecule has 0 radical (unpaired) electrons. The number of esters is 1. The molecule has 0 saturated heterocycles. The van der Waals surface area contributed by atoms with E-state index in [0.717, 1.165) is 96.3 Å². The number of unbranched alkanes of at least 4 members (excludes halogenated alkanes) is 23. The van der Waals surface area contributed by atoms with Crippen LogP contribution in [0, 0.1) is 0 Å². The minimum atomic E-state index is -0.810. The highest BCUT2D eigenvalue weighted by Crippen LogP contribution is 2.17. The summed E-state index contributed by atoms with van der Waals surface area (Å²) in [5.41, 5.74) is 0. The van der Waals surface area contributed by atoms with E-state index in [1.165, 1.54) is 103 Å². The zero-order valence-electron chi connectivity index (χ0n) is 41.9. The van der Waals surface area contributed by atoms with E-state index >= 15 is 0 Å². The quantitative estimate of drug-likeness (QED) is 0.0245. The van der Waals surface area contributed by atoms with Crippen LogP contribution in [0.25, 0.3) is 0 Å². The van der Waals surface area contributed by atoms with Crippen molar-refractivity contribution >= 4 is 11.9 Å². The molecule has 368 valence electrons. The number of amides is 1. The smallest absolute Gasteiger partial charge is 0.306 e. The summed E-state index contributed by atoms with van der Waals surface area (Å²) in [6, 6.07) is -0.728. The van der Waals surface area contributed by atoms with E-state index in [2.05, 4.69) is 111 Å². The largest absolute Gasteiger partial charge is 0.462 e. The topological polar surface area (TPSA) is 95.9 Å². The van der Waals surface area contributed by atoms with Gasteiger partial charge in [-0.1, -0.05) is 234 Å². The summed E-state index contributed by atoms with van der Waals surface area (Å²) >= 11 is 0. The number of carbonyl (C=O) groups is 2. The summed E-state index contributed by atoms with van der Waals surface area (Å²) in [6.07, 6.45) is 66.4. The molecule has 64 heavy (non-hydrogen) atoms. The molecule has 0 heterocycles. The predicted octanol–water partition coefficient (Wildman–Crippen LogP) is 16.3. The summed E-state index contributed by atoms with van der Waals surface area (Å²) in [6.45, 7) is 6.31. The Morgan fingerprint density at radius 3 is 1.47 bits per heavy atom. The third-order valence-electron chi connectivity index (χ3n) is 11.8. The van der Waals surface area contributed by atoms with Crippen molar-refractivity contribution in [2.24, 2.45) is 0 Å². The lowest BCUT2D eigenvalue weighted by Gasteiger charge is -2.24. The minimum absolute atomic E-state index is 0.0279. The lowest BCUT2D eigenvalue weighted by Crippen LogP contribution is -2.46. The van der Waals surface area contributed by atoms with Crippen molar-refractivity contribution in [1.82, 2.24) is 5.32 Å². The average Bonchev–Trinajstić information content (AvgIpc) is 3.29. The second-order valence-corrected chi connectivity index (χ2v) is 18.0. The molecule has 3 atom stereocenters. The van der Waals surface area contributed by atoms with Crippen LogP contribution in [0.3, 0.4) is 0 Å². The summed E-state index contributed by atoms with van der Waals surface area (Å²) in [5.74, 6) is -0.554.